The van der Waals surface area contributed by atoms with Gasteiger partial charge in [0.25, 0.3) is 0 Å². The molecule has 2 aromatic rings. The molecule has 2 aliphatic rings. The van der Waals surface area contributed by atoms with Crippen molar-refractivity contribution < 1.29 is 22.7 Å². The number of piperazine rings is 1. The van der Waals surface area contributed by atoms with Crippen LogP contribution in [0.4, 0.5) is 24.7 Å². The van der Waals surface area contributed by atoms with E-state index in [1.165, 1.54) is 6.07 Å². The zero-order chi connectivity index (χ0) is 24.8. The standard InChI is InChI=1S/C24H31F3N6O2/c1-35-22-5-3-20(17-29-22)32-14-12-31(13-15-32)9-8-23(34)33-10-6-19(7-11-33)30-21-4-2-18(16-28-21)24(25,26)27/h2-5,16-17,19H,6-15H2,1H3,(H,28,30). The minimum Gasteiger partial charge on any atom is -0.481 e. The predicted molar refractivity (Wildman–Crippen MR) is 127 cm³/mol. The first kappa shape index (κ1) is 25.0. The van der Waals surface area contributed by atoms with Gasteiger partial charge in [0, 0.05) is 70.5 Å². The van der Waals surface area contributed by atoms with E-state index >= 15 is 0 Å². The Bertz CT molecular complexity index is 955. The third-order valence-electron chi connectivity index (χ3n) is 6.60. The number of hydrogen-bond acceptors (Lipinski definition) is 7. The van der Waals surface area contributed by atoms with Crippen LogP contribution in [0.5, 0.6) is 5.88 Å². The first-order valence-corrected chi connectivity index (χ1v) is 11.9. The molecule has 0 aromatic carbocycles. The second-order valence-electron chi connectivity index (χ2n) is 8.87. The van der Waals surface area contributed by atoms with Crippen molar-refractivity contribution in [1.29, 1.82) is 0 Å². The lowest BCUT2D eigenvalue weighted by molar-refractivity contribution is -0.137. The van der Waals surface area contributed by atoms with Gasteiger partial charge >= 0.3 is 6.18 Å². The molecule has 0 bridgehead atoms. The Morgan fingerprint density at radius 3 is 2.34 bits per heavy atom. The molecule has 0 radical (unpaired) electrons. The first-order chi connectivity index (χ1) is 16.8. The number of aromatic nitrogens is 2. The van der Waals surface area contributed by atoms with E-state index in [0.29, 0.717) is 31.2 Å². The van der Waals surface area contributed by atoms with Gasteiger partial charge in [-0.2, -0.15) is 13.2 Å². The zero-order valence-corrected chi connectivity index (χ0v) is 19.8. The monoisotopic (exact) mass is 492 g/mol. The molecular formula is C24H31F3N6O2. The number of likely N-dealkylation sites (tertiary alicyclic amines) is 1. The van der Waals surface area contributed by atoms with Crippen LogP contribution < -0.4 is 15.0 Å². The van der Waals surface area contributed by atoms with Gasteiger partial charge in [-0.05, 0) is 31.0 Å². The SMILES string of the molecule is COc1ccc(N2CCN(CCC(=O)N3CCC(Nc4ccc(C(F)(F)F)cn4)CC3)CC2)cn1. The number of nitrogens with one attached hydrogen (secondary N) is 1. The molecule has 2 saturated heterocycles. The molecular weight excluding hydrogens is 461 g/mol. The second kappa shape index (κ2) is 11.1. The zero-order valence-electron chi connectivity index (χ0n) is 19.8. The van der Waals surface area contributed by atoms with E-state index in [0.717, 1.165) is 63.5 Å². The quantitative estimate of drug-likeness (QED) is 0.637. The van der Waals surface area contributed by atoms with Crippen molar-refractivity contribution in [2.45, 2.75) is 31.5 Å². The number of carbonyl (C=O) groups excluding carboxylic acids is 1. The molecule has 1 N–H and O–H groups in total. The molecule has 4 heterocycles. The lowest BCUT2D eigenvalue weighted by Gasteiger charge is -2.36. The minimum absolute atomic E-state index is 0.0869. The molecule has 2 fully saturated rings. The molecule has 0 aliphatic carbocycles. The van der Waals surface area contributed by atoms with Gasteiger partial charge in [0.1, 0.15) is 5.82 Å². The van der Waals surface area contributed by atoms with E-state index in [9.17, 15) is 18.0 Å². The number of alkyl halides is 3. The van der Waals surface area contributed by atoms with Crippen molar-refractivity contribution in [2.24, 2.45) is 0 Å². The number of anilines is 2. The summed E-state index contributed by atoms with van der Waals surface area (Å²) in [5, 5.41) is 3.19. The molecule has 0 unspecified atom stereocenters. The number of halogens is 3. The minimum atomic E-state index is -4.39. The Labute approximate surface area is 203 Å². The van der Waals surface area contributed by atoms with Crippen molar-refractivity contribution in [1.82, 2.24) is 19.8 Å². The van der Waals surface area contributed by atoms with Crippen LogP contribution in [-0.2, 0) is 11.0 Å². The second-order valence-corrected chi connectivity index (χ2v) is 8.87. The molecule has 4 rings (SSSR count). The van der Waals surface area contributed by atoms with Crippen LogP contribution in [0.1, 0.15) is 24.8 Å². The molecule has 35 heavy (non-hydrogen) atoms. The molecule has 1 amide bonds. The topological polar surface area (TPSA) is 73.8 Å². The highest BCUT2D eigenvalue weighted by molar-refractivity contribution is 5.76. The van der Waals surface area contributed by atoms with Gasteiger partial charge in [0.05, 0.1) is 24.6 Å². The third kappa shape index (κ3) is 6.74. The Morgan fingerprint density at radius 2 is 1.77 bits per heavy atom. The van der Waals surface area contributed by atoms with Gasteiger partial charge < -0.3 is 19.9 Å². The molecule has 8 nitrogen and oxygen atoms in total. The van der Waals surface area contributed by atoms with Crippen LogP contribution in [-0.4, -0.2) is 84.6 Å². The third-order valence-corrected chi connectivity index (χ3v) is 6.60. The van der Waals surface area contributed by atoms with Crippen molar-refractivity contribution in [3.8, 4) is 5.88 Å². The number of piperidine rings is 1. The highest BCUT2D eigenvalue weighted by atomic mass is 19.4. The fraction of sp³-hybridized carbons (Fsp3) is 0.542. The first-order valence-electron chi connectivity index (χ1n) is 11.9. The van der Waals surface area contributed by atoms with E-state index in [2.05, 4.69) is 25.1 Å². The average molecular weight is 493 g/mol. The summed E-state index contributed by atoms with van der Waals surface area (Å²) in [5.74, 6) is 1.17. The number of pyridine rings is 2. The lowest BCUT2D eigenvalue weighted by Crippen LogP contribution is -2.48. The molecule has 0 spiro atoms. The summed E-state index contributed by atoms with van der Waals surface area (Å²) < 4.78 is 43.2. The summed E-state index contributed by atoms with van der Waals surface area (Å²) in [5.41, 5.74) is 0.312. The summed E-state index contributed by atoms with van der Waals surface area (Å²) in [6, 6.07) is 6.34. The van der Waals surface area contributed by atoms with Crippen LogP contribution in [0.25, 0.3) is 0 Å². The summed E-state index contributed by atoms with van der Waals surface area (Å²) in [4.78, 5) is 27.3. The van der Waals surface area contributed by atoms with Gasteiger partial charge in [-0.15, -0.1) is 0 Å². The highest BCUT2D eigenvalue weighted by Crippen LogP contribution is 2.29. The maximum absolute atomic E-state index is 12.7. The van der Waals surface area contributed by atoms with Crippen molar-refractivity contribution in [3.63, 3.8) is 0 Å². The van der Waals surface area contributed by atoms with E-state index in [1.54, 1.807) is 7.11 Å². The number of hydrogen-bond donors (Lipinski definition) is 1. The highest BCUT2D eigenvalue weighted by Gasteiger charge is 2.31. The molecule has 0 atom stereocenters. The van der Waals surface area contributed by atoms with Crippen LogP contribution in [0.15, 0.2) is 36.7 Å². The van der Waals surface area contributed by atoms with Crippen LogP contribution in [0.3, 0.4) is 0 Å². The van der Waals surface area contributed by atoms with Crippen molar-refractivity contribution >= 4 is 17.4 Å². The Kier molecular flexibility index (Phi) is 7.94. The summed E-state index contributed by atoms with van der Waals surface area (Å²) >= 11 is 0. The Balaban J connectivity index is 1.14. The summed E-state index contributed by atoms with van der Waals surface area (Å²) in [7, 11) is 1.60. The number of nitrogens with zero attached hydrogens (tertiary/aromatic N) is 5. The average Bonchev–Trinajstić information content (AvgIpc) is 2.88. The van der Waals surface area contributed by atoms with E-state index in [1.807, 2.05) is 23.2 Å². The largest absolute Gasteiger partial charge is 0.481 e. The van der Waals surface area contributed by atoms with Gasteiger partial charge in [0.15, 0.2) is 0 Å². The number of carbonyl (C=O) groups is 1. The summed E-state index contributed by atoms with van der Waals surface area (Å²) in [6.07, 6.45) is 0.242. The lowest BCUT2D eigenvalue weighted by atomic mass is 10.0. The predicted octanol–water partition coefficient (Wildman–Crippen LogP) is 3.12. The smallest absolute Gasteiger partial charge is 0.417 e. The Morgan fingerprint density at radius 1 is 1.03 bits per heavy atom. The molecule has 2 aliphatic heterocycles. The van der Waals surface area contributed by atoms with Crippen LogP contribution in [0, 0.1) is 0 Å². The van der Waals surface area contributed by atoms with Gasteiger partial charge in [0.2, 0.25) is 11.8 Å². The summed E-state index contributed by atoms with van der Waals surface area (Å²) in [6.45, 7) is 5.57. The van der Waals surface area contributed by atoms with E-state index < -0.39 is 11.7 Å². The fourth-order valence-electron chi connectivity index (χ4n) is 4.45. The number of methoxy groups -OCH3 is 1. The maximum Gasteiger partial charge on any atom is 0.417 e. The number of rotatable bonds is 7. The van der Waals surface area contributed by atoms with Gasteiger partial charge in [-0.25, -0.2) is 9.97 Å². The Hall–Kier alpha value is -3.08. The fourth-order valence-corrected chi connectivity index (χ4v) is 4.45. The number of amides is 1. The molecule has 2 aromatic heterocycles. The van der Waals surface area contributed by atoms with Crippen molar-refractivity contribution in [3.05, 3.63) is 42.2 Å². The van der Waals surface area contributed by atoms with E-state index in [-0.39, 0.29) is 11.9 Å². The van der Waals surface area contributed by atoms with Gasteiger partial charge in [-0.1, -0.05) is 0 Å². The van der Waals surface area contributed by atoms with Crippen molar-refractivity contribution in [2.75, 3.05) is 63.1 Å². The van der Waals surface area contributed by atoms with Gasteiger partial charge in [-0.3, -0.25) is 9.69 Å². The molecule has 190 valence electrons. The molecule has 11 heteroatoms. The van der Waals surface area contributed by atoms with Crippen LogP contribution >= 0.6 is 0 Å². The maximum atomic E-state index is 12.7. The van der Waals surface area contributed by atoms with E-state index in [4.69, 9.17) is 4.74 Å². The molecule has 0 saturated carbocycles. The number of ether oxygens (including phenoxy) is 1. The normalized spacial score (nSPS) is 17.9. The van der Waals surface area contributed by atoms with Crippen LogP contribution in [0.2, 0.25) is 0 Å².